The topological polar surface area (TPSA) is 64.4 Å². The van der Waals surface area contributed by atoms with E-state index in [4.69, 9.17) is 16.9 Å². The number of hydrogen-bond donors (Lipinski definition) is 0. The molecular weight excluding hydrogens is 347 g/mol. The van der Waals surface area contributed by atoms with Crippen LogP contribution in [0.3, 0.4) is 0 Å². The van der Waals surface area contributed by atoms with E-state index in [0.29, 0.717) is 4.90 Å². The van der Waals surface area contributed by atoms with E-state index in [2.05, 4.69) is 0 Å². The summed E-state index contributed by atoms with van der Waals surface area (Å²) in [5.41, 5.74) is 0.241. The molecule has 0 aromatic heterocycles. The molecule has 0 aliphatic carbocycles. The quantitative estimate of drug-likeness (QED) is 0.776. The standard InChI is InChI=1S/C15H11ClF3N3O2/c1-7-9(3-2-8(6-20)11(7)16)22-13(15(17,18)19)12-10(23)4-5-21(12)14(22)24/h2-3,12-13H,4-5H2,1H3/t12?,13-/m0/s1. The van der Waals surface area contributed by atoms with Crippen molar-refractivity contribution in [2.24, 2.45) is 0 Å². The highest BCUT2D eigenvalue weighted by Gasteiger charge is 2.63. The van der Waals surface area contributed by atoms with E-state index in [0.717, 1.165) is 4.90 Å². The molecule has 1 unspecified atom stereocenters. The average molecular weight is 358 g/mol. The first kappa shape index (κ1) is 16.6. The average Bonchev–Trinajstić information content (AvgIpc) is 3.01. The van der Waals surface area contributed by atoms with E-state index in [9.17, 15) is 22.8 Å². The molecule has 9 heteroatoms. The van der Waals surface area contributed by atoms with Gasteiger partial charge in [-0.1, -0.05) is 11.6 Å². The van der Waals surface area contributed by atoms with Crippen LogP contribution in [0.1, 0.15) is 17.5 Å². The fraction of sp³-hybridized carbons (Fsp3) is 0.400. The number of hydrogen-bond acceptors (Lipinski definition) is 3. The van der Waals surface area contributed by atoms with E-state index < -0.39 is 30.1 Å². The highest BCUT2D eigenvalue weighted by atomic mass is 35.5. The number of nitriles is 1. The first-order valence-corrected chi connectivity index (χ1v) is 7.44. The predicted molar refractivity (Wildman–Crippen MR) is 78.7 cm³/mol. The van der Waals surface area contributed by atoms with Crippen LogP contribution in [-0.4, -0.2) is 41.5 Å². The van der Waals surface area contributed by atoms with Crippen LogP contribution in [0.5, 0.6) is 0 Å². The summed E-state index contributed by atoms with van der Waals surface area (Å²) in [6.45, 7) is 1.40. The highest BCUT2D eigenvalue weighted by Crippen LogP contribution is 2.43. The normalized spacial score (nSPS) is 23.7. The second-order valence-electron chi connectivity index (χ2n) is 5.68. The Balaban J connectivity index is 2.16. The molecule has 2 fully saturated rings. The maximum absolute atomic E-state index is 13.6. The van der Waals surface area contributed by atoms with Crippen molar-refractivity contribution in [3.63, 3.8) is 0 Å². The number of Topliss-reactive ketones (excluding diaryl/α,β-unsaturated/α-hetero) is 1. The molecule has 0 N–H and O–H groups in total. The maximum atomic E-state index is 13.6. The number of carbonyl (C=O) groups excluding carboxylic acids is 2. The number of urea groups is 1. The van der Waals surface area contributed by atoms with Gasteiger partial charge in [0.1, 0.15) is 12.1 Å². The number of ketones is 1. The minimum Gasteiger partial charge on any atom is -0.311 e. The number of amides is 2. The fourth-order valence-electron chi connectivity index (χ4n) is 3.25. The van der Waals surface area contributed by atoms with Crippen molar-refractivity contribution in [3.05, 3.63) is 28.3 Å². The monoisotopic (exact) mass is 357 g/mol. The third-order valence-corrected chi connectivity index (χ3v) is 4.85. The Hall–Kier alpha value is -2.27. The van der Waals surface area contributed by atoms with Gasteiger partial charge in [-0.05, 0) is 24.6 Å². The van der Waals surface area contributed by atoms with Gasteiger partial charge in [0.2, 0.25) is 0 Å². The lowest BCUT2D eigenvalue weighted by molar-refractivity contribution is -0.156. The van der Waals surface area contributed by atoms with Gasteiger partial charge in [-0.15, -0.1) is 0 Å². The molecule has 2 amide bonds. The Kier molecular flexibility index (Phi) is 3.72. The van der Waals surface area contributed by atoms with Crippen molar-refractivity contribution in [2.75, 3.05) is 11.4 Å². The molecule has 3 rings (SSSR count). The minimum atomic E-state index is -4.78. The highest BCUT2D eigenvalue weighted by molar-refractivity contribution is 6.33. The van der Waals surface area contributed by atoms with Crippen LogP contribution in [0.4, 0.5) is 23.7 Å². The predicted octanol–water partition coefficient (Wildman–Crippen LogP) is 3.03. The summed E-state index contributed by atoms with van der Waals surface area (Å²) in [7, 11) is 0. The lowest BCUT2D eigenvalue weighted by Gasteiger charge is -2.28. The van der Waals surface area contributed by atoms with Gasteiger partial charge in [0.25, 0.3) is 0 Å². The molecule has 0 radical (unpaired) electrons. The molecule has 24 heavy (non-hydrogen) atoms. The molecule has 1 aromatic carbocycles. The maximum Gasteiger partial charge on any atom is 0.411 e. The number of nitrogens with zero attached hydrogens (tertiary/aromatic N) is 3. The number of anilines is 1. The largest absolute Gasteiger partial charge is 0.411 e. The van der Waals surface area contributed by atoms with Crippen molar-refractivity contribution in [3.8, 4) is 6.07 Å². The van der Waals surface area contributed by atoms with Crippen LogP contribution in [0.25, 0.3) is 0 Å². The number of alkyl halides is 3. The zero-order valence-corrected chi connectivity index (χ0v) is 13.1. The lowest BCUT2D eigenvalue weighted by atomic mass is 10.0. The summed E-state index contributed by atoms with van der Waals surface area (Å²) in [6.07, 6.45) is -4.86. The Morgan fingerprint density at radius 1 is 1.33 bits per heavy atom. The lowest BCUT2D eigenvalue weighted by Crippen LogP contribution is -2.50. The van der Waals surface area contributed by atoms with E-state index in [1.165, 1.54) is 19.1 Å². The third kappa shape index (κ3) is 2.23. The summed E-state index contributed by atoms with van der Waals surface area (Å²) in [6, 6.07) is -0.330. The van der Waals surface area contributed by atoms with Gasteiger partial charge in [-0.25, -0.2) is 4.79 Å². The van der Waals surface area contributed by atoms with Crippen molar-refractivity contribution < 1.29 is 22.8 Å². The van der Waals surface area contributed by atoms with E-state index in [1.54, 1.807) is 0 Å². The molecule has 1 aromatic rings. The van der Waals surface area contributed by atoms with Crippen molar-refractivity contribution in [1.82, 2.24) is 4.90 Å². The number of carbonyl (C=O) groups is 2. The van der Waals surface area contributed by atoms with Gasteiger partial charge in [0, 0.05) is 13.0 Å². The first-order valence-electron chi connectivity index (χ1n) is 7.07. The summed E-state index contributed by atoms with van der Waals surface area (Å²) in [5, 5.41) is 8.94. The molecule has 126 valence electrons. The zero-order valence-electron chi connectivity index (χ0n) is 12.4. The second kappa shape index (κ2) is 5.38. The molecule has 0 bridgehead atoms. The summed E-state index contributed by atoms with van der Waals surface area (Å²) in [4.78, 5) is 25.9. The zero-order chi connectivity index (χ0) is 17.8. The number of fused-ring (bicyclic) bond motifs is 1. The number of halogens is 4. The molecule has 5 nitrogen and oxygen atoms in total. The van der Waals surface area contributed by atoms with Crippen LogP contribution in [0.15, 0.2) is 12.1 Å². The summed E-state index contributed by atoms with van der Waals surface area (Å²) >= 11 is 6.01. The van der Waals surface area contributed by atoms with Crippen LogP contribution in [-0.2, 0) is 4.79 Å². The summed E-state index contributed by atoms with van der Waals surface area (Å²) in [5.74, 6) is -0.606. The Morgan fingerprint density at radius 3 is 2.58 bits per heavy atom. The Labute approximate surface area is 140 Å². The Morgan fingerprint density at radius 2 is 2.00 bits per heavy atom. The van der Waals surface area contributed by atoms with Gasteiger partial charge >= 0.3 is 12.2 Å². The molecule has 2 heterocycles. The van der Waals surface area contributed by atoms with E-state index in [1.807, 2.05) is 6.07 Å². The molecule has 2 atom stereocenters. The molecule has 2 aliphatic rings. The molecule has 2 saturated heterocycles. The van der Waals surface area contributed by atoms with Crippen LogP contribution < -0.4 is 4.90 Å². The van der Waals surface area contributed by atoms with Gasteiger partial charge in [-0.2, -0.15) is 18.4 Å². The van der Waals surface area contributed by atoms with Crippen molar-refractivity contribution in [2.45, 2.75) is 31.6 Å². The van der Waals surface area contributed by atoms with Gasteiger partial charge < -0.3 is 4.90 Å². The smallest absolute Gasteiger partial charge is 0.311 e. The Bertz CT molecular complexity index is 787. The minimum absolute atomic E-state index is 0.0119. The van der Waals surface area contributed by atoms with Crippen LogP contribution >= 0.6 is 11.6 Å². The van der Waals surface area contributed by atoms with Crippen molar-refractivity contribution in [1.29, 1.82) is 5.26 Å². The fourth-order valence-corrected chi connectivity index (χ4v) is 3.45. The van der Waals surface area contributed by atoms with Gasteiger partial charge in [0.05, 0.1) is 16.3 Å². The number of benzene rings is 1. The molecule has 2 aliphatic heterocycles. The van der Waals surface area contributed by atoms with Gasteiger partial charge in [-0.3, -0.25) is 9.69 Å². The summed E-state index contributed by atoms with van der Waals surface area (Å²) < 4.78 is 40.8. The van der Waals surface area contributed by atoms with Crippen molar-refractivity contribution >= 4 is 29.1 Å². The SMILES string of the molecule is Cc1c(N2C(=O)N3CCC(=O)C3[C@H]2C(F)(F)F)ccc(C#N)c1Cl. The third-order valence-electron chi connectivity index (χ3n) is 4.37. The second-order valence-corrected chi connectivity index (χ2v) is 6.05. The van der Waals surface area contributed by atoms with Crippen LogP contribution in [0, 0.1) is 18.3 Å². The van der Waals surface area contributed by atoms with E-state index in [-0.39, 0.29) is 34.8 Å². The first-order chi connectivity index (χ1) is 11.2. The number of rotatable bonds is 1. The van der Waals surface area contributed by atoms with Gasteiger partial charge in [0.15, 0.2) is 11.8 Å². The molecule has 0 spiro atoms. The van der Waals surface area contributed by atoms with Crippen LogP contribution in [0.2, 0.25) is 5.02 Å². The van der Waals surface area contributed by atoms with E-state index >= 15 is 0 Å². The molecule has 0 saturated carbocycles. The molecular formula is C15H11ClF3N3O2.